The van der Waals surface area contributed by atoms with E-state index in [9.17, 15) is 0 Å². The molecule has 0 fully saturated rings. The van der Waals surface area contributed by atoms with Crippen molar-refractivity contribution in [2.75, 3.05) is 0 Å². The highest BCUT2D eigenvalue weighted by Crippen LogP contribution is 2.16. The third-order valence-electron chi connectivity index (χ3n) is 3.50. The van der Waals surface area contributed by atoms with Crippen molar-refractivity contribution in [3.05, 3.63) is 12.2 Å². The molecule has 0 saturated carbocycles. The molecular formula is C17H34. The summed E-state index contributed by atoms with van der Waals surface area (Å²) in [5.41, 5.74) is 0. The Balaban J connectivity index is 3.56. The summed E-state index contributed by atoms with van der Waals surface area (Å²) < 4.78 is 0. The van der Waals surface area contributed by atoms with Crippen LogP contribution in [0.5, 0.6) is 0 Å². The summed E-state index contributed by atoms with van der Waals surface area (Å²) in [4.78, 5) is 0. The fourth-order valence-electron chi connectivity index (χ4n) is 2.10. The normalized spacial score (nSPS) is 15.6. The Labute approximate surface area is 110 Å². The Morgan fingerprint density at radius 2 is 1.59 bits per heavy atom. The molecule has 0 aliphatic heterocycles. The van der Waals surface area contributed by atoms with E-state index in [2.05, 4.69) is 46.8 Å². The molecule has 0 rings (SSSR count). The van der Waals surface area contributed by atoms with Crippen LogP contribution in [-0.4, -0.2) is 0 Å². The maximum Gasteiger partial charge on any atom is -0.0262 e. The van der Waals surface area contributed by atoms with Crippen molar-refractivity contribution in [3.8, 4) is 0 Å². The first-order chi connectivity index (χ1) is 8.06. The van der Waals surface area contributed by atoms with Gasteiger partial charge in [-0.25, -0.2) is 0 Å². The number of hydrogen-bond donors (Lipinski definition) is 0. The minimum atomic E-state index is 0.764. The lowest BCUT2D eigenvalue weighted by atomic mass is 9.96. The van der Waals surface area contributed by atoms with Crippen LogP contribution in [0.1, 0.15) is 79.6 Å². The second-order valence-electron chi connectivity index (χ2n) is 6.21. The van der Waals surface area contributed by atoms with E-state index in [1.807, 2.05) is 0 Å². The summed E-state index contributed by atoms with van der Waals surface area (Å²) in [5.74, 6) is 2.48. The highest BCUT2D eigenvalue weighted by molar-refractivity contribution is 4.87. The highest BCUT2D eigenvalue weighted by atomic mass is 14.1. The first-order valence-electron chi connectivity index (χ1n) is 7.72. The fourth-order valence-corrected chi connectivity index (χ4v) is 2.10. The molecule has 0 aromatic rings. The lowest BCUT2D eigenvalue weighted by Gasteiger charge is -2.10. The summed E-state index contributed by atoms with van der Waals surface area (Å²) in [6.45, 7) is 11.6. The van der Waals surface area contributed by atoms with E-state index >= 15 is 0 Å². The third-order valence-corrected chi connectivity index (χ3v) is 3.50. The van der Waals surface area contributed by atoms with Gasteiger partial charge in [0.05, 0.1) is 0 Å². The van der Waals surface area contributed by atoms with E-state index in [1.54, 1.807) is 0 Å². The highest BCUT2D eigenvalue weighted by Gasteiger charge is 2.01. The summed E-state index contributed by atoms with van der Waals surface area (Å²) in [6, 6.07) is 0. The van der Waals surface area contributed by atoms with Gasteiger partial charge < -0.3 is 0 Å². The van der Waals surface area contributed by atoms with Crippen molar-refractivity contribution in [2.45, 2.75) is 79.6 Å². The molecule has 0 aromatic carbocycles. The average molecular weight is 238 g/mol. The van der Waals surface area contributed by atoms with Gasteiger partial charge in [-0.15, -0.1) is 0 Å². The lowest BCUT2D eigenvalue weighted by molar-refractivity contribution is 0.490. The summed E-state index contributed by atoms with van der Waals surface area (Å²) in [7, 11) is 0. The van der Waals surface area contributed by atoms with Gasteiger partial charge in [-0.2, -0.15) is 0 Å². The third kappa shape index (κ3) is 12.0. The van der Waals surface area contributed by atoms with E-state index in [4.69, 9.17) is 0 Å². The van der Waals surface area contributed by atoms with Crippen molar-refractivity contribution < 1.29 is 0 Å². The minimum Gasteiger partial charge on any atom is -0.0880 e. The van der Waals surface area contributed by atoms with Crippen LogP contribution in [0.3, 0.4) is 0 Å². The van der Waals surface area contributed by atoms with Gasteiger partial charge >= 0.3 is 0 Å². The van der Waals surface area contributed by atoms with E-state index in [0.29, 0.717) is 0 Å². The number of allylic oxidation sites excluding steroid dienone is 2. The molecule has 0 radical (unpaired) electrons. The van der Waals surface area contributed by atoms with Crippen LogP contribution in [0.15, 0.2) is 12.2 Å². The maximum atomic E-state index is 2.43. The topological polar surface area (TPSA) is 0 Å². The summed E-state index contributed by atoms with van der Waals surface area (Å²) in [6.07, 6.45) is 14.4. The van der Waals surface area contributed by atoms with Gasteiger partial charge in [0.1, 0.15) is 0 Å². The molecule has 0 nitrogen and oxygen atoms in total. The quantitative estimate of drug-likeness (QED) is 0.313. The second kappa shape index (κ2) is 10.9. The van der Waals surface area contributed by atoms with Crippen LogP contribution in [0.25, 0.3) is 0 Å². The SMILES string of the molecule is CCCCCC(C)C/C=C\C(C)CCC(C)C. The average Bonchev–Trinajstić information content (AvgIpc) is 2.27. The predicted octanol–water partition coefficient (Wildman–Crippen LogP) is 6.22. The molecule has 0 heteroatoms. The maximum absolute atomic E-state index is 2.43. The van der Waals surface area contributed by atoms with Crippen molar-refractivity contribution in [1.82, 2.24) is 0 Å². The molecule has 0 aliphatic carbocycles. The molecular weight excluding hydrogens is 204 g/mol. The Kier molecular flexibility index (Phi) is 10.7. The van der Waals surface area contributed by atoms with Gasteiger partial charge in [0.25, 0.3) is 0 Å². The molecule has 0 N–H and O–H groups in total. The molecule has 102 valence electrons. The Hall–Kier alpha value is -0.260. The van der Waals surface area contributed by atoms with Gasteiger partial charge in [-0.3, -0.25) is 0 Å². The van der Waals surface area contributed by atoms with Gasteiger partial charge in [0.15, 0.2) is 0 Å². The van der Waals surface area contributed by atoms with Crippen molar-refractivity contribution >= 4 is 0 Å². The zero-order chi connectivity index (χ0) is 13.1. The standard InChI is InChI=1S/C17H34/c1-6-7-8-10-16(4)11-9-12-17(5)14-13-15(2)3/h9,12,15-17H,6-8,10-11,13-14H2,1-5H3/b12-9-. The number of rotatable bonds is 10. The second-order valence-corrected chi connectivity index (χ2v) is 6.21. The molecule has 0 spiro atoms. The van der Waals surface area contributed by atoms with E-state index in [-0.39, 0.29) is 0 Å². The van der Waals surface area contributed by atoms with Crippen molar-refractivity contribution in [3.63, 3.8) is 0 Å². The molecule has 0 saturated heterocycles. The predicted molar refractivity (Wildman–Crippen MR) is 80.3 cm³/mol. The van der Waals surface area contributed by atoms with Crippen molar-refractivity contribution in [1.29, 1.82) is 0 Å². The van der Waals surface area contributed by atoms with Crippen molar-refractivity contribution in [2.24, 2.45) is 17.8 Å². The Bertz CT molecular complexity index is 178. The molecule has 2 atom stereocenters. The van der Waals surface area contributed by atoms with Crippen LogP contribution < -0.4 is 0 Å². The lowest BCUT2D eigenvalue weighted by Crippen LogP contribution is -1.96. The Morgan fingerprint density at radius 1 is 0.882 bits per heavy atom. The van der Waals surface area contributed by atoms with Crippen LogP contribution in [0.4, 0.5) is 0 Å². The minimum absolute atomic E-state index is 0.764. The Morgan fingerprint density at radius 3 is 2.18 bits per heavy atom. The van der Waals surface area contributed by atoms with Crippen LogP contribution in [0, 0.1) is 17.8 Å². The number of hydrogen-bond acceptors (Lipinski definition) is 0. The van der Waals surface area contributed by atoms with E-state index in [1.165, 1.54) is 44.9 Å². The van der Waals surface area contributed by atoms with Crippen LogP contribution in [0.2, 0.25) is 0 Å². The first kappa shape index (κ1) is 16.7. The molecule has 0 bridgehead atoms. The van der Waals surface area contributed by atoms with Gasteiger partial charge in [0.2, 0.25) is 0 Å². The fraction of sp³-hybridized carbons (Fsp3) is 0.882. The number of unbranched alkanes of at least 4 members (excludes halogenated alkanes) is 2. The molecule has 0 amide bonds. The monoisotopic (exact) mass is 238 g/mol. The van der Waals surface area contributed by atoms with Crippen LogP contribution in [-0.2, 0) is 0 Å². The summed E-state index contributed by atoms with van der Waals surface area (Å²) >= 11 is 0. The van der Waals surface area contributed by atoms with Gasteiger partial charge in [-0.05, 0) is 30.6 Å². The zero-order valence-electron chi connectivity index (χ0n) is 12.8. The zero-order valence-corrected chi connectivity index (χ0v) is 12.8. The van der Waals surface area contributed by atoms with E-state index < -0.39 is 0 Å². The van der Waals surface area contributed by atoms with E-state index in [0.717, 1.165) is 17.8 Å². The van der Waals surface area contributed by atoms with Gasteiger partial charge in [0, 0.05) is 0 Å². The largest absolute Gasteiger partial charge is 0.0880 e. The molecule has 2 unspecified atom stereocenters. The molecule has 17 heavy (non-hydrogen) atoms. The summed E-state index contributed by atoms with van der Waals surface area (Å²) in [5, 5.41) is 0. The first-order valence-corrected chi connectivity index (χ1v) is 7.72. The molecule has 0 heterocycles. The van der Waals surface area contributed by atoms with Gasteiger partial charge in [-0.1, -0.05) is 78.9 Å². The molecule has 0 aromatic heterocycles. The van der Waals surface area contributed by atoms with Crippen LogP contribution >= 0.6 is 0 Å². The smallest absolute Gasteiger partial charge is 0.0262 e. The molecule has 0 aliphatic rings.